The van der Waals surface area contributed by atoms with E-state index in [-0.39, 0.29) is 0 Å². The molecular formula is C21H3F34NO5. The summed E-state index contributed by atoms with van der Waals surface area (Å²) in [7, 11) is 0. The quantitative estimate of drug-likeness (QED) is 0.114. The van der Waals surface area contributed by atoms with Gasteiger partial charge >= 0.3 is 113 Å². The van der Waals surface area contributed by atoms with Crippen LogP contribution >= 0.6 is 0 Å². The van der Waals surface area contributed by atoms with E-state index in [1.165, 1.54) is 4.99 Å². The average Bonchev–Trinajstić information content (AvgIpc) is 3.55. The summed E-state index contributed by atoms with van der Waals surface area (Å²) in [4.78, 5) is 24.3. The molecule has 360 valence electrons. The topological polar surface area (TPSA) is 74.2 Å². The lowest BCUT2D eigenvalue weighted by Gasteiger charge is -2.42. The van der Waals surface area contributed by atoms with Gasteiger partial charge in [0, 0.05) is 0 Å². The van der Waals surface area contributed by atoms with E-state index in [1.807, 2.05) is 9.47 Å². The van der Waals surface area contributed by atoms with Crippen LogP contribution in [0.5, 0.6) is 0 Å². The van der Waals surface area contributed by atoms with Crippen molar-refractivity contribution in [1.29, 1.82) is 0 Å². The van der Waals surface area contributed by atoms with E-state index in [0.717, 1.165) is 0 Å². The highest BCUT2D eigenvalue weighted by atomic mass is 19.4. The number of carbonyl (C=O) groups excluding carboxylic acids is 2. The SMILES string of the molecule is O=C(OC(F)(F)C1(C(F)(F)OC(=O)C(F)(F)C(F)(F)C(F)(F)C(F)(F)C(F)(F)C(F)(F)C(F)(F)F)COC=N1)C(F)(F)C(F)(F)C(F)(F)C(F)(F)C(F)(F)C(F)(F)C(F)(F)F. The van der Waals surface area contributed by atoms with E-state index in [0.29, 0.717) is 0 Å². The molecule has 0 saturated carbocycles. The number of ether oxygens (including phenoxy) is 3. The lowest BCUT2D eigenvalue weighted by Crippen LogP contribution is -2.74. The highest BCUT2D eigenvalue weighted by molar-refractivity contribution is 5.80. The van der Waals surface area contributed by atoms with Crippen molar-refractivity contribution in [2.45, 2.75) is 101 Å². The second-order valence-corrected chi connectivity index (χ2v) is 11.1. The number of rotatable bonds is 16. The van der Waals surface area contributed by atoms with Crippen molar-refractivity contribution >= 4 is 18.3 Å². The Bertz CT molecular complexity index is 1590. The second-order valence-electron chi connectivity index (χ2n) is 11.1. The zero-order valence-corrected chi connectivity index (χ0v) is 26.1. The standard InChI is InChI=1S/C21H3F34NO5/c22-6(23,8(26,27)10(30,31)12(34,35)14(38,39)16(42,43)18(46,47)48)3(57)60-20(52,53)5(1-59-2-56-5)21(54,55)61-4(58)7(24,25)9(28,29)11(32,33)13(36,37)15(40,41)17(44,45)19(49,50)51/h2H,1H2. The van der Waals surface area contributed by atoms with E-state index in [4.69, 9.17) is 0 Å². The van der Waals surface area contributed by atoms with Crippen molar-refractivity contribution in [3.8, 4) is 0 Å². The smallest absolute Gasteiger partial charge is 0.460 e. The molecular weight excluding hydrogens is 992 g/mol. The van der Waals surface area contributed by atoms with Gasteiger partial charge in [0.05, 0.1) is 0 Å². The van der Waals surface area contributed by atoms with Crippen LogP contribution in [0.15, 0.2) is 4.99 Å². The first-order valence-electron chi connectivity index (χ1n) is 13.0. The summed E-state index contributed by atoms with van der Waals surface area (Å²) in [5.74, 6) is -120. The summed E-state index contributed by atoms with van der Waals surface area (Å²) in [6, 6.07) is 0. The number of nitrogens with zero attached hydrogens (tertiary/aromatic N) is 1. The van der Waals surface area contributed by atoms with E-state index < -0.39 is 126 Å². The number of hydrogen-bond acceptors (Lipinski definition) is 6. The van der Waals surface area contributed by atoms with E-state index >= 15 is 0 Å². The lowest BCUT2D eigenvalue weighted by molar-refractivity contribution is -0.452. The minimum atomic E-state index is -9.32. The summed E-state index contributed by atoms with van der Waals surface area (Å²) >= 11 is 0. The number of aliphatic imine (C=N–C) groups is 1. The van der Waals surface area contributed by atoms with Crippen molar-refractivity contribution in [2.75, 3.05) is 6.61 Å². The van der Waals surface area contributed by atoms with Gasteiger partial charge in [-0.05, 0) is 0 Å². The molecule has 1 aliphatic heterocycles. The molecule has 0 aromatic carbocycles. The van der Waals surface area contributed by atoms with Crippen molar-refractivity contribution in [3.05, 3.63) is 0 Å². The average molecular weight is 995 g/mol. The third-order valence-electron chi connectivity index (χ3n) is 7.21. The van der Waals surface area contributed by atoms with Crippen molar-refractivity contribution in [2.24, 2.45) is 4.99 Å². The van der Waals surface area contributed by atoms with Gasteiger partial charge in [0.25, 0.3) is 0 Å². The molecule has 0 spiro atoms. The Morgan fingerprint density at radius 1 is 0.377 bits per heavy atom. The first kappa shape index (κ1) is 55.0. The minimum Gasteiger partial charge on any atom is -0.480 e. The first-order valence-corrected chi connectivity index (χ1v) is 13.0. The minimum absolute atomic E-state index is 1.14. The molecule has 0 atom stereocenters. The van der Waals surface area contributed by atoms with Crippen LogP contribution in [-0.2, 0) is 23.8 Å². The summed E-state index contributed by atoms with van der Waals surface area (Å²) in [6.45, 7) is -3.39. The fourth-order valence-corrected chi connectivity index (χ4v) is 3.53. The monoisotopic (exact) mass is 995 g/mol. The molecule has 0 bridgehead atoms. The lowest BCUT2D eigenvalue weighted by atomic mass is 9.91. The van der Waals surface area contributed by atoms with Crippen molar-refractivity contribution in [3.63, 3.8) is 0 Å². The number of carbonyl (C=O) groups is 2. The number of alkyl halides is 34. The van der Waals surface area contributed by atoms with Crippen LogP contribution in [0, 0.1) is 0 Å². The zero-order chi connectivity index (χ0) is 49.9. The largest absolute Gasteiger partial charge is 0.480 e. The molecule has 0 amide bonds. The van der Waals surface area contributed by atoms with Gasteiger partial charge in [0.1, 0.15) is 6.61 Å². The normalized spacial score (nSPS) is 17.9. The van der Waals surface area contributed by atoms with Gasteiger partial charge in [-0.15, -0.1) is 0 Å². The van der Waals surface area contributed by atoms with Crippen LogP contribution < -0.4 is 0 Å². The number of hydrogen-bond donors (Lipinski definition) is 0. The van der Waals surface area contributed by atoms with Gasteiger partial charge < -0.3 is 14.2 Å². The maximum atomic E-state index is 14.8. The molecule has 0 saturated heterocycles. The van der Waals surface area contributed by atoms with Gasteiger partial charge in [0.15, 0.2) is 6.40 Å². The Balaban J connectivity index is 3.80. The van der Waals surface area contributed by atoms with Crippen LogP contribution in [0.3, 0.4) is 0 Å². The molecule has 40 heteroatoms. The number of halogens is 34. The summed E-state index contributed by atoms with van der Waals surface area (Å²) < 4.78 is 465. The predicted molar refractivity (Wildman–Crippen MR) is 111 cm³/mol. The van der Waals surface area contributed by atoms with E-state index in [9.17, 15) is 159 Å². The van der Waals surface area contributed by atoms with Gasteiger partial charge in [-0.25, -0.2) is 14.6 Å². The fraction of sp³-hybridized carbons (Fsp3) is 0.857. The van der Waals surface area contributed by atoms with E-state index in [1.54, 1.807) is 0 Å². The van der Waals surface area contributed by atoms with Crippen molar-refractivity contribution in [1.82, 2.24) is 0 Å². The molecule has 0 N–H and O–H groups in total. The molecule has 1 aliphatic rings. The summed E-state index contributed by atoms with van der Waals surface area (Å²) in [5, 5.41) is 0. The Morgan fingerprint density at radius 3 is 0.787 bits per heavy atom. The molecule has 61 heavy (non-hydrogen) atoms. The third-order valence-corrected chi connectivity index (χ3v) is 7.21. The molecule has 0 aliphatic carbocycles. The Morgan fingerprint density at radius 2 is 0.590 bits per heavy atom. The molecule has 0 fully saturated rings. The third kappa shape index (κ3) is 6.98. The molecule has 1 heterocycles. The fourth-order valence-electron chi connectivity index (χ4n) is 3.53. The van der Waals surface area contributed by atoms with Crippen molar-refractivity contribution < 1.29 is 173 Å². The molecule has 0 aromatic heterocycles. The van der Waals surface area contributed by atoms with Crippen LogP contribution in [0.4, 0.5) is 149 Å². The number of esters is 2. The maximum absolute atomic E-state index is 14.8. The Hall–Kier alpha value is -3.97. The zero-order valence-electron chi connectivity index (χ0n) is 26.1. The molecule has 0 radical (unpaired) electrons. The molecule has 0 aromatic rings. The van der Waals surface area contributed by atoms with Gasteiger partial charge in [0.2, 0.25) is 0 Å². The van der Waals surface area contributed by atoms with Crippen LogP contribution in [0.2, 0.25) is 0 Å². The molecule has 6 nitrogen and oxygen atoms in total. The van der Waals surface area contributed by atoms with Gasteiger partial charge in [-0.2, -0.15) is 149 Å². The van der Waals surface area contributed by atoms with Crippen LogP contribution in [-0.4, -0.2) is 126 Å². The molecule has 0 unspecified atom stereocenters. The Kier molecular flexibility index (Phi) is 12.6. The highest BCUT2D eigenvalue weighted by Gasteiger charge is 2.96. The van der Waals surface area contributed by atoms with Crippen LogP contribution in [0.1, 0.15) is 0 Å². The van der Waals surface area contributed by atoms with Gasteiger partial charge in [-0.3, -0.25) is 0 Å². The molecule has 1 rings (SSSR count). The maximum Gasteiger partial charge on any atom is 0.460 e. The summed E-state index contributed by atoms with van der Waals surface area (Å²) in [5.41, 5.74) is -6.43. The van der Waals surface area contributed by atoms with Gasteiger partial charge in [-0.1, -0.05) is 0 Å². The highest BCUT2D eigenvalue weighted by Crippen LogP contribution is 2.65. The predicted octanol–water partition coefficient (Wildman–Crippen LogP) is 9.80. The van der Waals surface area contributed by atoms with E-state index in [2.05, 4.69) is 4.74 Å². The first-order chi connectivity index (χ1) is 26.0. The Labute approximate surface area is 305 Å². The van der Waals surface area contributed by atoms with Crippen LogP contribution in [0.25, 0.3) is 0 Å². The summed E-state index contributed by atoms with van der Waals surface area (Å²) in [6.07, 6.45) is -32.9. The second kappa shape index (κ2) is 14.0.